The molecule has 1 aromatic carbocycles. The molecule has 136 valence electrons. The molecule has 25 heavy (non-hydrogen) atoms. The molecule has 2 aliphatic rings. The lowest BCUT2D eigenvalue weighted by molar-refractivity contribution is -0.133. The minimum absolute atomic E-state index is 0.129. The standard InChI is InChI=1S/C18H24FN3O3/c19-16-3-1-2-15(14-16)18(24)22-8-6-21(7-9-22)17(23)4-5-20-10-12-25-13-11-20/h1-3,14H,4-13H2. The van der Waals surface area contributed by atoms with E-state index in [1.54, 1.807) is 11.0 Å². The van der Waals surface area contributed by atoms with Gasteiger partial charge in [-0.1, -0.05) is 6.07 Å². The molecule has 0 N–H and O–H groups in total. The Bertz CT molecular complexity index is 611. The minimum Gasteiger partial charge on any atom is -0.379 e. The lowest BCUT2D eigenvalue weighted by atomic mass is 10.1. The molecule has 2 aliphatic heterocycles. The summed E-state index contributed by atoms with van der Waals surface area (Å²) in [5.74, 6) is -0.466. The van der Waals surface area contributed by atoms with Crippen LogP contribution in [-0.4, -0.2) is 85.5 Å². The monoisotopic (exact) mass is 349 g/mol. The third kappa shape index (κ3) is 4.76. The highest BCUT2D eigenvalue weighted by molar-refractivity contribution is 5.94. The number of amides is 2. The van der Waals surface area contributed by atoms with Gasteiger partial charge in [0.1, 0.15) is 5.82 Å². The summed E-state index contributed by atoms with van der Waals surface area (Å²) >= 11 is 0. The van der Waals surface area contributed by atoms with Gasteiger partial charge in [-0.3, -0.25) is 14.5 Å². The van der Waals surface area contributed by atoms with Gasteiger partial charge < -0.3 is 14.5 Å². The molecule has 0 bridgehead atoms. The van der Waals surface area contributed by atoms with Crippen LogP contribution in [0.25, 0.3) is 0 Å². The molecule has 3 rings (SSSR count). The fourth-order valence-electron chi connectivity index (χ4n) is 3.20. The summed E-state index contributed by atoms with van der Waals surface area (Å²) in [5, 5.41) is 0. The van der Waals surface area contributed by atoms with Crippen molar-refractivity contribution >= 4 is 11.8 Å². The first kappa shape index (κ1) is 17.8. The van der Waals surface area contributed by atoms with Crippen molar-refractivity contribution in [2.24, 2.45) is 0 Å². The molecule has 0 radical (unpaired) electrons. The second kappa shape index (κ2) is 8.40. The van der Waals surface area contributed by atoms with E-state index < -0.39 is 5.82 Å². The van der Waals surface area contributed by atoms with Crippen LogP contribution in [0, 0.1) is 5.82 Å². The van der Waals surface area contributed by atoms with E-state index in [1.165, 1.54) is 18.2 Å². The van der Waals surface area contributed by atoms with Crippen molar-refractivity contribution in [1.82, 2.24) is 14.7 Å². The summed E-state index contributed by atoms with van der Waals surface area (Å²) in [6.07, 6.45) is 0.498. The SMILES string of the molecule is O=C(CCN1CCOCC1)N1CCN(C(=O)c2cccc(F)c2)CC1. The first-order valence-corrected chi connectivity index (χ1v) is 8.76. The molecule has 0 unspecified atom stereocenters. The van der Waals surface area contributed by atoms with Gasteiger partial charge in [-0.15, -0.1) is 0 Å². The van der Waals surface area contributed by atoms with Crippen molar-refractivity contribution < 1.29 is 18.7 Å². The third-order valence-corrected chi connectivity index (χ3v) is 4.74. The Labute approximate surface area is 147 Å². The molecular weight excluding hydrogens is 325 g/mol. The van der Waals surface area contributed by atoms with Crippen LogP contribution in [0.3, 0.4) is 0 Å². The maximum atomic E-state index is 13.3. The van der Waals surface area contributed by atoms with Crippen molar-refractivity contribution in [2.45, 2.75) is 6.42 Å². The van der Waals surface area contributed by atoms with Crippen molar-refractivity contribution in [2.75, 3.05) is 59.0 Å². The van der Waals surface area contributed by atoms with E-state index in [1.807, 2.05) is 4.90 Å². The lowest BCUT2D eigenvalue weighted by Crippen LogP contribution is -2.51. The third-order valence-electron chi connectivity index (χ3n) is 4.74. The largest absolute Gasteiger partial charge is 0.379 e. The van der Waals surface area contributed by atoms with Crippen LogP contribution < -0.4 is 0 Å². The van der Waals surface area contributed by atoms with Crippen molar-refractivity contribution in [3.05, 3.63) is 35.6 Å². The van der Waals surface area contributed by atoms with Crippen molar-refractivity contribution in [1.29, 1.82) is 0 Å². The fourth-order valence-corrected chi connectivity index (χ4v) is 3.20. The number of halogens is 1. The maximum absolute atomic E-state index is 13.3. The van der Waals surface area contributed by atoms with Crippen LogP contribution >= 0.6 is 0 Å². The highest BCUT2D eigenvalue weighted by atomic mass is 19.1. The number of rotatable bonds is 4. The van der Waals surface area contributed by atoms with Crippen LogP contribution in [0.2, 0.25) is 0 Å². The number of benzene rings is 1. The molecule has 0 spiro atoms. The van der Waals surface area contributed by atoms with Crippen molar-refractivity contribution in [3.8, 4) is 0 Å². The Balaban J connectivity index is 1.44. The van der Waals surface area contributed by atoms with Gasteiger partial charge in [0.2, 0.25) is 5.91 Å². The summed E-state index contributed by atoms with van der Waals surface area (Å²) in [6.45, 7) is 6.00. The number of piperazine rings is 1. The molecule has 0 atom stereocenters. The normalized spacial score (nSPS) is 19.1. The molecule has 2 saturated heterocycles. The van der Waals surface area contributed by atoms with Gasteiger partial charge in [0.05, 0.1) is 13.2 Å². The molecule has 2 fully saturated rings. The number of carbonyl (C=O) groups excluding carboxylic acids is 2. The van der Waals surface area contributed by atoms with E-state index in [-0.39, 0.29) is 11.8 Å². The average Bonchev–Trinajstić information content (AvgIpc) is 2.66. The van der Waals surface area contributed by atoms with E-state index >= 15 is 0 Å². The molecule has 6 nitrogen and oxygen atoms in total. The molecule has 1 aromatic rings. The maximum Gasteiger partial charge on any atom is 0.254 e. The number of hydrogen-bond acceptors (Lipinski definition) is 4. The summed E-state index contributed by atoms with van der Waals surface area (Å²) in [6, 6.07) is 5.73. The highest BCUT2D eigenvalue weighted by Gasteiger charge is 2.25. The van der Waals surface area contributed by atoms with Gasteiger partial charge in [-0.25, -0.2) is 4.39 Å². The Hall–Kier alpha value is -1.99. The van der Waals surface area contributed by atoms with Crippen LogP contribution in [0.15, 0.2) is 24.3 Å². The Morgan fingerprint density at radius 1 is 1.00 bits per heavy atom. The zero-order valence-corrected chi connectivity index (χ0v) is 14.3. The highest BCUT2D eigenvalue weighted by Crippen LogP contribution is 2.11. The summed E-state index contributed by atoms with van der Waals surface area (Å²) in [7, 11) is 0. The van der Waals surface area contributed by atoms with E-state index in [9.17, 15) is 14.0 Å². The predicted molar refractivity (Wildman–Crippen MR) is 90.8 cm³/mol. The molecule has 0 aliphatic carbocycles. The molecule has 0 saturated carbocycles. The average molecular weight is 349 g/mol. The zero-order valence-electron chi connectivity index (χ0n) is 14.3. The molecule has 7 heteroatoms. The van der Waals surface area contributed by atoms with Gasteiger partial charge in [-0.2, -0.15) is 0 Å². The molecular formula is C18H24FN3O3. The second-order valence-electron chi connectivity index (χ2n) is 6.39. The Kier molecular flexibility index (Phi) is 5.99. The summed E-state index contributed by atoms with van der Waals surface area (Å²) in [4.78, 5) is 30.5. The number of carbonyl (C=O) groups is 2. The van der Waals surface area contributed by atoms with E-state index in [4.69, 9.17) is 4.74 Å². The summed E-state index contributed by atoms with van der Waals surface area (Å²) in [5.41, 5.74) is 0.354. The number of ether oxygens (including phenoxy) is 1. The van der Waals surface area contributed by atoms with Gasteiger partial charge in [-0.05, 0) is 18.2 Å². The van der Waals surface area contributed by atoms with Crippen LogP contribution in [0.1, 0.15) is 16.8 Å². The van der Waals surface area contributed by atoms with E-state index in [0.29, 0.717) is 38.2 Å². The zero-order chi connectivity index (χ0) is 17.6. The minimum atomic E-state index is -0.414. The Morgan fingerprint density at radius 2 is 1.68 bits per heavy atom. The van der Waals surface area contributed by atoms with E-state index in [2.05, 4.69) is 4.90 Å². The van der Waals surface area contributed by atoms with E-state index in [0.717, 1.165) is 32.8 Å². The van der Waals surface area contributed by atoms with Crippen LogP contribution in [0.4, 0.5) is 4.39 Å². The quantitative estimate of drug-likeness (QED) is 0.808. The fraction of sp³-hybridized carbons (Fsp3) is 0.556. The second-order valence-corrected chi connectivity index (χ2v) is 6.39. The molecule has 0 aromatic heterocycles. The number of morpholine rings is 1. The molecule has 2 amide bonds. The van der Waals surface area contributed by atoms with Crippen LogP contribution in [0.5, 0.6) is 0 Å². The first-order chi connectivity index (χ1) is 12.1. The smallest absolute Gasteiger partial charge is 0.254 e. The van der Waals surface area contributed by atoms with Crippen LogP contribution in [-0.2, 0) is 9.53 Å². The van der Waals surface area contributed by atoms with Gasteiger partial charge in [0.25, 0.3) is 5.91 Å². The predicted octanol–water partition coefficient (Wildman–Crippen LogP) is 0.832. The van der Waals surface area contributed by atoms with Gasteiger partial charge in [0.15, 0.2) is 0 Å². The van der Waals surface area contributed by atoms with Gasteiger partial charge in [0, 0.05) is 57.8 Å². The number of hydrogen-bond donors (Lipinski definition) is 0. The first-order valence-electron chi connectivity index (χ1n) is 8.76. The molecule has 2 heterocycles. The Morgan fingerprint density at radius 3 is 2.36 bits per heavy atom. The topological polar surface area (TPSA) is 53.1 Å². The van der Waals surface area contributed by atoms with Crippen molar-refractivity contribution in [3.63, 3.8) is 0 Å². The lowest BCUT2D eigenvalue weighted by Gasteiger charge is -2.35. The number of nitrogens with zero attached hydrogens (tertiary/aromatic N) is 3. The summed E-state index contributed by atoms with van der Waals surface area (Å²) < 4.78 is 18.6. The van der Waals surface area contributed by atoms with Gasteiger partial charge >= 0.3 is 0 Å².